The molecule has 1 heterocycles. The molecule has 3 nitrogen and oxygen atoms in total. The van der Waals surface area contributed by atoms with E-state index in [9.17, 15) is 4.79 Å². The average molecular weight is 473 g/mol. The van der Waals surface area contributed by atoms with Gasteiger partial charge in [0.05, 0.1) is 0 Å². The molecule has 0 bridgehead atoms. The van der Waals surface area contributed by atoms with Crippen molar-refractivity contribution in [3.8, 4) is 0 Å². The third kappa shape index (κ3) is 4.85. The van der Waals surface area contributed by atoms with Gasteiger partial charge in [-0.1, -0.05) is 0 Å². The number of allylic oxidation sites excluding steroid dienone is 5. The van der Waals surface area contributed by atoms with Crippen molar-refractivity contribution in [1.29, 1.82) is 0 Å². The molecule has 8 heteroatoms. The maximum Gasteiger partial charge on any atom is -1.00 e. The number of halogens is 2. The first-order chi connectivity index (χ1) is 12.0. The Balaban J connectivity index is 0.00000131. The Morgan fingerprint density at radius 1 is 1.04 bits per heavy atom. The van der Waals surface area contributed by atoms with E-state index in [1.165, 1.54) is 36.5 Å². The van der Waals surface area contributed by atoms with Gasteiger partial charge in [0.1, 0.15) is 0 Å². The van der Waals surface area contributed by atoms with E-state index in [0.717, 1.165) is 4.91 Å². The summed E-state index contributed by atoms with van der Waals surface area (Å²) in [6.45, 7) is 7.98. The van der Waals surface area contributed by atoms with Crippen LogP contribution in [0.4, 0.5) is 0 Å². The molecule has 1 aromatic carbocycles. The fraction of sp³-hybridized carbons (Fsp3) is 0.316. The number of ether oxygens (including phenoxy) is 1. The first-order valence-electron chi connectivity index (χ1n) is 8.74. The Morgan fingerprint density at radius 3 is 2.44 bits per heavy atom. The number of rotatable bonds is 7. The van der Waals surface area contributed by atoms with Gasteiger partial charge in [-0.15, -0.1) is 0 Å². The molecule has 4 rings (SSSR count). The van der Waals surface area contributed by atoms with Crippen LogP contribution in [0.5, 0.6) is 0 Å². The topological polar surface area (TPSA) is 35.5 Å². The van der Waals surface area contributed by atoms with Gasteiger partial charge in [-0.25, -0.2) is 0 Å². The number of ketones is 1. The van der Waals surface area contributed by atoms with Gasteiger partial charge in [-0.05, 0) is 0 Å². The summed E-state index contributed by atoms with van der Waals surface area (Å²) in [6.07, 6.45) is 1.88. The Kier molecular flexibility index (Phi) is 7.73. The van der Waals surface area contributed by atoms with Crippen molar-refractivity contribution in [3.05, 3.63) is 57.4 Å². The van der Waals surface area contributed by atoms with Crippen LogP contribution in [0, 0.1) is 0 Å². The van der Waals surface area contributed by atoms with Gasteiger partial charge in [-0.3, -0.25) is 0 Å². The van der Waals surface area contributed by atoms with Crippen LogP contribution in [-0.2, 0) is 33.1 Å². The third-order valence-corrected chi connectivity index (χ3v) is 9.33. The standard InChI is InChI=1S/C13H7OSi.C6H15O2Si.2ClH.Ti/c14-11-6-9-8-4-2-1-3-7(8)5-10(9)12-13(11)15-12;1-7-5-6-8-9(2,3)4;;;/h1-4,6H,15H2;1,5-6H2,2-4H3;2*1H;/q;;;;+2/p-2. The minimum Gasteiger partial charge on any atom is -1.00 e. The van der Waals surface area contributed by atoms with Gasteiger partial charge in [-0.2, -0.15) is 0 Å². The molecule has 0 radical (unpaired) electrons. The predicted octanol–water partition coefficient (Wildman–Crippen LogP) is -3.31. The number of carbonyl (C=O) groups excluding carboxylic acids is 1. The van der Waals surface area contributed by atoms with E-state index in [1.807, 2.05) is 6.08 Å². The molecule has 0 spiro atoms. The van der Waals surface area contributed by atoms with Crippen molar-refractivity contribution in [2.24, 2.45) is 0 Å². The van der Waals surface area contributed by atoms with E-state index in [4.69, 9.17) is 9.16 Å². The summed E-state index contributed by atoms with van der Waals surface area (Å²) in [7, 11) is -1.85. The summed E-state index contributed by atoms with van der Waals surface area (Å²) in [6, 6.07) is 8.55. The van der Waals surface area contributed by atoms with E-state index >= 15 is 0 Å². The van der Waals surface area contributed by atoms with Gasteiger partial charge < -0.3 is 24.8 Å². The molecule has 0 aromatic heterocycles. The maximum absolute atomic E-state index is 12.2. The zero-order valence-corrected chi connectivity index (χ0v) is 21.2. The SMILES string of the molecule is C[Si](C)(C)OCCO[CH2][Ti+2][C]1=C2C(=CC(=O)C3=C2[SiH2]3)c2ccccc21.[Cl-].[Cl-]. The summed E-state index contributed by atoms with van der Waals surface area (Å²) < 4.78 is 13.2. The Morgan fingerprint density at radius 2 is 1.74 bits per heavy atom. The van der Waals surface area contributed by atoms with Crippen LogP contribution >= 0.6 is 0 Å². The fourth-order valence-corrected chi connectivity index (χ4v) is 7.79. The monoisotopic (exact) mass is 472 g/mol. The van der Waals surface area contributed by atoms with Crippen LogP contribution in [0.1, 0.15) is 11.1 Å². The van der Waals surface area contributed by atoms with Crippen molar-refractivity contribution >= 4 is 33.1 Å². The van der Waals surface area contributed by atoms with Crippen molar-refractivity contribution in [2.75, 3.05) is 18.1 Å². The Bertz CT molecular complexity index is 857. The summed E-state index contributed by atoms with van der Waals surface area (Å²) in [4.78, 5) is 13.0. The molecule has 0 unspecified atom stereocenters. The number of hydrogen-bond donors (Lipinski definition) is 0. The minimum atomic E-state index is -1.44. The van der Waals surface area contributed by atoms with Crippen LogP contribution < -0.4 is 24.8 Å². The normalized spacial score (nSPS) is 17.4. The van der Waals surface area contributed by atoms with E-state index < -0.39 is 17.8 Å². The summed E-state index contributed by atoms with van der Waals surface area (Å²) in [5, 5.41) is 2.60. The first-order valence-corrected chi connectivity index (χ1v) is 15.4. The number of benzene rings is 1. The second-order valence-corrected chi connectivity index (χ2v) is 15.6. The molecule has 27 heavy (non-hydrogen) atoms. The predicted molar refractivity (Wildman–Crippen MR) is 102 cm³/mol. The van der Waals surface area contributed by atoms with Gasteiger partial charge in [0.2, 0.25) is 0 Å². The van der Waals surface area contributed by atoms with Crippen LogP contribution in [0.15, 0.2) is 46.3 Å². The zero-order chi connectivity index (χ0) is 17.6. The Hall–Kier alpha value is -0.242. The van der Waals surface area contributed by atoms with E-state index in [-0.39, 0.29) is 49.8 Å². The van der Waals surface area contributed by atoms with Gasteiger partial charge in [0.25, 0.3) is 0 Å². The molecule has 2 aliphatic carbocycles. The molecule has 0 saturated carbocycles. The molecule has 142 valence electrons. The fourth-order valence-electron chi connectivity index (χ4n) is 3.42. The van der Waals surface area contributed by atoms with Crippen LogP contribution in [-0.4, -0.2) is 41.7 Å². The molecule has 1 aromatic rings. The number of fused-ring (bicyclic) bond motifs is 4. The maximum atomic E-state index is 12.2. The van der Waals surface area contributed by atoms with Crippen molar-refractivity contribution in [3.63, 3.8) is 0 Å². The molecule has 0 N–H and O–H groups in total. The molecular weight excluding hydrogens is 451 g/mol. The van der Waals surface area contributed by atoms with Gasteiger partial charge in [0, 0.05) is 0 Å². The van der Waals surface area contributed by atoms with Gasteiger partial charge >= 0.3 is 161 Å². The molecule has 3 aliphatic rings. The zero-order valence-electron chi connectivity index (χ0n) is 15.7. The summed E-state index contributed by atoms with van der Waals surface area (Å²) in [5.74, 6) is 0.274. The van der Waals surface area contributed by atoms with Crippen molar-refractivity contribution in [1.82, 2.24) is 0 Å². The van der Waals surface area contributed by atoms with Crippen LogP contribution in [0.2, 0.25) is 19.6 Å². The largest absolute Gasteiger partial charge is 1.00 e. The van der Waals surface area contributed by atoms with E-state index in [2.05, 4.69) is 43.9 Å². The van der Waals surface area contributed by atoms with Crippen molar-refractivity contribution < 1.29 is 57.9 Å². The minimum absolute atomic E-state index is 0. The molecule has 0 saturated heterocycles. The summed E-state index contributed by atoms with van der Waals surface area (Å²) >= 11 is -0.380. The first kappa shape index (κ1) is 23.0. The number of carbonyl (C=O) groups is 1. The number of hydrogen-bond acceptors (Lipinski definition) is 3. The quantitative estimate of drug-likeness (QED) is 0.308. The molecule has 1 aliphatic heterocycles. The van der Waals surface area contributed by atoms with E-state index in [1.54, 1.807) is 0 Å². The second kappa shape index (κ2) is 9.05. The summed E-state index contributed by atoms with van der Waals surface area (Å²) in [5.41, 5.74) is 5.20. The average Bonchev–Trinajstić information content (AvgIpc) is 3.30. The van der Waals surface area contributed by atoms with Crippen LogP contribution in [0.3, 0.4) is 0 Å². The second-order valence-electron chi connectivity index (χ2n) is 7.54. The van der Waals surface area contributed by atoms with Crippen LogP contribution in [0.25, 0.3) is 9.45 Å². The molecule has 0 fully saturated rings. The van der Waals surface area contributed by atoms with E-state index in [0.29, 0.717) is 13.2 Å². The smallest absolute Gasteiger partial charge is 1.00 e. The molecular formula is C19H22Cl2O3Si2Ti. The van der Waals surface area contributed by atoms with Gasteiger partial charge in [0.15, 0.2) is 0 Å². The molecule has 0 atom stereocenters. The van der Waals surface area contributed by atoms with Crippen molar-refractivity contribution in [2.45, 2.75) is 19.6 Å². The molecule has 0 amide bonds. The Labute approximate surface area is 185 Å². The third-order valence-electron chi connectivity index (χ3n) is 4.59.